The monoisotopic (exact) mass is 276 g/mol. The molecule has 0 aromatic heterocycles. The predicted molar refractivity (Wildman–Crippen MR) is 73.3 cm³/mol. The Morgan fingerprint density at radius 1 is 1.20 bits per heavy atom. The highest BCUT2D eigenvalue weighted by Gasteiger charge is 2.53. The summed E-state index contributed by atoms with van der Waals surface area (Å²) < 4.78 is 11.7. The van der Waals surface area contributed by atoms with Crippen molar-refractivity contribution in [2.75, 3.05) is 13.2 Å². The van der Waals surface area contributed by atoms with E-state index in [1.54, 1.807) is 0 Å². The molecule has 3 fully saturated rings. The van der Waals surface area contributed by atoms with E-state index in [-0.39, 0.29) is 5.60 Å². The Bertz CT molecular complexity index is 458. The van der Waals surface area contributed by atoms with Crippen LogP contribution in [0.3, 0.4) is 0 Å². The molecule has 1 saturated carbocycles. The SMILES string of the molecule is O=C(O)C12CCC(COCc3ccccc3)(CC1)OC2. The zero-order chi connectivity index (χ0) is 14.1. The molecule has 0 atom stereocenters. The second kappa shape index (κ2) is 5.19. The number of benzene rings is 1. The summed E-state index contributed by atoms with van der Waals surface area (Å²) >= 11 is 0. The molecule has 1 N–H and O–H groups in total. The van der Waals surface area contributed by atoms with Gasteiger partial charge >= 0.3 is 5.97 Å². The van der Waals surface area contributed by atoms with Gasteiger partial charge in [0.25, 0.3) is 0 Å². The molecular formula is C16H20O4. The zero-order valence-electron chi connectivity index (χ0n) is 11.5. The van der Waals surface area contributed by atoms with Gasteiger partial charge in [0.15, 0.2) is 0 Å². The van der Waals surface area contributed by atoms with Crippen molar-refractivity contribution in [2.45, 2.75) is 37.9 Å². The topological polar surface area (TPSA) is 55.8 Å². The molecule has 3 aliphatic rings. The predicted octanol–water partition coefficient (Wildman–Crippen LogP) is 2.62. The Hall–Kier alpha value is -1.39. The molecular weight excluding hydrogens is 256 g/mol. The number of fused-ring (bicyclic) bond motifs is 3. The lowest BCUT2D eigenvalue weighted by Gasteiger charge is -2.50. The summed E-state index contributed by atoms with van der Waals surface area (Å²) in [4.78, 5) is 11.3. The van der Waals surface area contributed by atoms with Crippen LogP contribution < -0.4 is 0 Å². The minimum absolute atomic E-state index is 0.258. The molecule has 4 nitrogen and oxygen atoms in total. The van der Waals surface area contributed by atoms with Crippen LogP contribution >= 0.6 is 0 Å². The molecule has 108 valence electrons. The van der Waals surface area contributed by atoms with Gasteiger partial charge in [-0.15, -0.1) is 0 Å². The molecule has 0 unspecified atom stereocenters. The zero-order valence-corrected chi connectivity index (χ0v) is 11.5. The number of carboxylic acids is 1. The van der Waals surface area contributed by atoms with Gasteiger partial charge in [0.2, 0.25) is 0 Å². The summed E-state index contributed by atoms with van der Waals surface area (Å²) in [6.45, 7) is 1.46. The van der Waals surface area contributed by atoms with Crippen LogP contribution in [0.5, 0.6) is 0 Å². The van der Waals surface area contributed by atoms with Gasteiger partial charge in [-0.25, -0.2) is 0 Å². The first-order valence-corrected chi connectivity index (χ1v) is 7.13. The van der Waals surface area contributed by atoms with Gasteiger partial charge in [0, 0.05) is 0 Å². The molecule has 0 amide bonds. The molecule has 20 heavy (non-hydrogen) atoms. The minimum atomic E-state index is -0.712. The van der Waals surface area contributed by atoms with Gasteiger partial charge in [-0.1, -0.05) is 30.3 Å². The number of rotatable bonds is 5. The molecule has 4 heteroatoms. The van der Waals surface area contributed by atoms with Crippen LogP contribution in [0.2, 0.25) is 0 Å². The molecule has 2 bridgehead atoms. The second-order valence-corrected chi connectivity index (χ2v) is 6.04. The normalized spacial score (nSPS) is 32.2. The Kier molecular flexibility index (Phi) is 3.52. The highest BCUT2D eigenvalue weighted by molar-refractivity contribution is 5.75. The van der Waals surface area contributed by atoms with E-state index < -0.39 is 11.4 Å². The number of carbonyl (C=O) groups is 1. The van der Waals surface area contributed by atoms with Crippen molar-refractivity contribution in [1.29, 1.82) is 0 Å². The van der Waals surface area contributed by atoms with Crippen LogP contribution in [0.15, 0.2) is 30.3 Å². The first-order chi connectivity index (χ1) is 9.64. The van der Waals surface area contributed by atoms with Crippen molar-refractivity contribution in [3.05, 3.63) is 35.9 Å². The minimum Gasteiger partial charge on any atom is -0.481 e. The van der Waals surface area contributed by atoms with E-state index >= 15 is 0 Å². The summed E-state index contributed by atoms with van der Waals surface area (Å²) in [6.07, 6.45) is 2.98. The molecule has 2 aliphatic heterocycles. The van der Waals surface area contributed by atoms with Crippen molar-refractivity contribution in [2.24, 2.45) is 5.41 Å². The van der Waals surface area contributed by atoms with E-state index in [1.165, 1.54) is 0 Å². The highest BCUT2D eigenvalue weighted by atomic mass is 16.5. The summed E-state index contributed by atoms with van der Waals surface area (Å²) in [5.74, 6) is -0.712. The maximum atomic E-state index is 11.3. The highest BCUT2D eigenvalue weighted by Crippen LogP contribution is 2.49. The number of aliphatic carboxylic acids is 1. The third kappa shape index (κ3) is 2.45. The molecule has 2 saturated heterocycles. The van der Waals surface area contributed by atoms with Crippen LogP contribution in [0, 0.1) is 5.41 Å². The van der Waals surface area contributed by atoms with Crippen LogP contribution in [0.1, 0.15) is 31.2 Å². The first kappa shape index (κ1) is 13.6. The van der Waals surface area contributed by atoms with Gasteiger partial charge in [-0.05, 0) is 31.2 Å². The second-order valence-electron chi connectivity index (χ2n) is 6.04. The summed E-state index contributed by atoms with van der Waals surface area (Å²) in [6, 6.07) is 10.1. The third-order valence-corrected chi connectivity index (χ3v) is 4.70. The molecule has 2 heterocycles. The van der Waals surface area contributed by atoms with E-state index in [0.717, 1.165) is 18.4 Å². The largest absolute Gasteiger partial charge is 0.481 e. The number of carboxylic acid groups (broad SMARTS) is 1. The summed E-state index contributed by atoms with van der Waals surface area (Å²) in [5, 5.41) is 9.31. The maximum absolute atomic E-state index is 11.3. The standard InChI is InChI=1S/C16H20O4/c17-14(18)15-6-8-16(9-7-15,20-11-15)12-19-10-13-4-2-1-3-5-13/h1-5H,6-12H2,(H,17,18). The lowest BCUT2D eigenvalue weighted by Crippen LogP contribution is -2.56. The number of hydrogen-bond donors (Lipinski definition) is 1. The summed E-state index contributed by atoms with van der Waals surface area (Å²) in [5.41, 5.74) is 0.253. The van der Waals surface area contributed by atoms with Gasteiger partial charge in [0.05, 0.1) is 30.8 Å². The number of ether oxygens (including phenoxy) is 2. The van der Waals surface area contributed by atoms with Crippen LogP contribution in [-0.2, 0) is 20.9 Å². The van der Waals surface area contributed by atoms with Crippen molar-refractivity contribution < 1.29 is 19.4 Å². The molecule has 1 aliphatic carbocycles. The molecule has 4 rings (SSSR count). The average molecular weight is 276 g/mol. The van der Waals surface area contributed by atoms with Crippen LogP contribution in [0.25, 0.3) is 0 Å². The van der Waals surface area contributed by atoms with E-state index in [4.69, 9.17) is 9.47 Å². The van der Waals surface area contributed by atoms with Crippen LogP contribution in [0.4, 0.5) is 0 Å². The van der Waals surface area contributed by atoms with Gasteiger partial charge in [0.1, 0.15) is 0 Å². The maximum Gasteiger partial charge on any atom is 0.311 e. The third-order valence-electron chi connectivity index (χ3n) is 4.70. The average Bonchev–Trinajstić information content (AvgIpc) is 2.50. The summed E-state index contributed by atoms with van der Waals surface area (Å²) in [7, 11) is 0. The first-order valence-electron chi connectivity index (χ1n) is 7.13. The van der Waals surface area contributed by atoms with E-state index in [9.17, 15) is 9.90 Å². The fourth-order valence-electron chi connectivity index (χ4n) is 3.15. The van der Waals surface area contributed by atoms with Crippen LogP contribution in [-0.4, -0.2) is 29.9 Å². The van der Waals surface area contributed by atoms with Crippen molar-refractivity contribution in [3.63, 3.8) is 0 Å². The lowest BCUT2D eigenvalue weighted by molar-refractivity contribution is -0.216. The molecule has 0 radical (unpaired) electrons. The lowest BCUT2D eigenvalue weighted by atomic mass is 9.66. The Balaban J connectivity index is 1.54. The van der Waals surface area contributed by atoms with Gasteiger partial charge < -0.3 is 14.6 Å². The smallest absolute Gasteiger partial charge is 0.311 e. The van der Waals surface area contributed by atoms with E-state index in [2.05, 4.69) is 0 Å². The van der Waals surface area contributed by atoms with Gasteiger partial charge in [-0.3, -0.25) is 4.79 Å². The number of hydrogen-bond acceptors (Lipinski definition) is 3. The quantitative estimate of drug-likeness (QED) is 0.898. The fourth-order valence-corrected chi connectivity index (χ4v) is 3.15. The van der Waals surface area contributed by atoms with E-state index in [1.807, 2.05) is 30.3 Å². The Morgan fingerprint density at radius 3 is 2.45 bits per heavy atom. The Labute approximate surface area is 118 Å². The van der Waals surface area contributed by atoms with Crippen molar-refractivity contribution >= 4 is 5.97 Å². The van der Waals surface area contributed by atoms with Gasteiger partial charge in [-0.2, -0.15) is 0 Å². The molecule has 0 spiro atoms. The van der Waals surface area contributed by atoms with E-state index in [0.29, 0.717) is 32.7 Å². The molecule has 1 aromatic carbocycles. The van der Waals surface area contributed by atoms with Crippen molar-refractivity contribution in [3.8, 4) is 0 Å². The Morgan fingerprint density at radius 2 is 1.90 bits per heavy atom. The molecule has 1 aromatic rings. The van der Waals surface area contributed by atoms with Crippen molar-refractivity contribution in [1.82, 2.24) is 0 Å². The fraction of sp³-hybridized carbons (Fsp3) is 0.562.